The molecule has 1 aromatic rings. The van der Waals surface area contributed by atoms with Crippen molar-refractivity contribution in [1.82, 2.24) is 15.5 Å². The number of carbonyl (C=O) groups is 3. The van der Waals surface area contributed by atoms with E-state index in [-0.39, 0.29) is 30.8 Å². The largest absolute Gasteiger partial charge is 0.444 e. The molecular weight excluding hydrogens is 406 g/mol. The molecular formula is C20H29N5O4S. The molecule has 0 radical (unpaired) electrons. The number of anilines is 1. The molecule has 9 nitrogen and oxygen atoms in total. The number of likely N-dealkylation sites (tertiary alicyclic amines) is 1. The highest BCUT2D eigenvalue weighted by Crippen LogP contribution is 2.22. The fraction of sp³-hybridized carbons (Fsp3) is 0.600. The maximum absolute atomic E-state index is 12.4. The Morgan fingerprint density at radius 2 is 2.03 bits per heavy atom. The Hall–Kier alpha value is -2.64. The van der Waals surface area contributed by atoms with Gasteiger partial charge in [-0.3, -0.25) is 14.5 Å². The van der Waals surface area contributed by atoms with Gasteiger partial charge in [0, 0.05) is 19.6 Å². The number of hydrogen-bond donors (Lipinski definition) is 3. The van der Waals surface area contributed by atoms with Crippen LogP contribution in [-0.2, 0) is 14.3 Å². The molecule has 3 N–H and O–H groups in total. The van der Waals surface area contributed by atoms with Gasteiger partial charge in [0.05, 0.1) is 18.0 Å². The average molecular weight is 436 g/mol. The Bertz CT molecular complexity index is 796. The average Bonchev–Trinajstić information content (AvgIpc) is 3.10. The van der Waals surface area contributed by atoms with Gasteiger partial charge in [-0.15, -0.1) is 11.3 Å². The molecule has 2 heterocycles. The number of nitrogens with zero attached hydrogens (tertiary/aromatic N) is 2. The molecule has 0 spiro atoms. The number of carbonyl (C=O) groups excluding carboxylic acids is 3. The number of ether oxygens (including phenoxy) is 1. The molecule has 3 amide bonds. The molecule has 1 aliphatic heterocycles. The monoisotopic (exact) mass is 435 g/mol. The Morgan fingerprint density at radius 3 is 2.73 bits per heavy atom. The van der Waals surface area contributed by atoms with Crippen LogP contribution in [0.5, 0.6) is 0 Å². The van der Waals surface area contributed by atoms with Crippen LogP contribution in [0, 0.1) is 17.2 Å². The van der Waals surface area contributed by atoms with E-state index in [1.54, 1.807) is 32.2 Å². The minimum absolute atomic E-state index is 0.0869. The molecule has 1 atom stereocenters. The number of amides is 3. The first-order valence-corrected chi connectivity index (χ1v) is 10.8. The van der Waals surface area contributed by atoms with E-state index in [9.17, 15) is 14.4 Å². The van der Waals surface area contributed by atoms with Crippen LogP contribution in [0.2, 0.25) is 0 Å². The van der Waals surface area contributed by atoms with Gasteiger partial charge in [0.15, 0.2) is 0 Å². The fourth-order valence-electron chi connectivity index (χ4n) is 3.09. The van der Waals surface area contributed by atoms with E-state index in [0.717, 1.165) is 19.4 Å². The van der Waals surface area contributed by atoms with E-state index >= 15 is 0 Å². The molecule has 0 aliphatic carbocycles. The fourth-order valence-corrected chi connectivity index (χ4v) is 3.84. The molecule has 1 saturated heterocycles. The van der Waals surface area contributed by atoms with Gasteiger partial charge in [-0.1, -0.05) is 0 Å². The highest BCUT2D eigenvalue weighted by molar-refractivity contribution is 7.14. The van der Waals surface area contributed by atoms with Crippen LogP contribution in [-0.4, -0.2) is 61.1 Å². The van der Waals surface area contributed by atoms with E-state index < -0.39 is 11.7 Å². The van der Waals surface area contributed by atoms with Gasteiger partial charge in [0.25, 0.3) is 0 Å². The molecule has 0 bridgehead atoms. The Labute approximate surface area is 180 Å². The lowest BCUT2D eigenvalue weighted by atomic mass is 9.97. The van der Waals surface area contributed by atoms with Crippen molar-refractivity contribution in [2.75, 3.05) is 38.0 Å². The van der Waals surface area contributed by atoms with Crippen LogP contribution in [0.25, 0.3) is 0 Å². The predicted molar refractivity (Wildman–Crippen MR) is 114 cm³/mol. The summed E-state index contributed by atoms with van der Waals surface area (Å²) in [7, 11) is 0. The third-order valence-corrected chi connectivity index (χ3v) is 5.20. The van der Waals surface area contributed by atoms with Gasteiger partial charge in [-0.05, 0) is 51.6 Å². The molecule has 30 heavy (non-hydrogen) atoms. The maximum atomic E-state index is 12.4. The number of thiophene rings is 1. The molecule has 0 aromatic carbocycles. The molecule has 1 aliphatic rings. The topological polar surface area (TPSA) is 124 Å². The second-order valence-corrected chi connectivity index (χ2v) is 9.03. The Kier molecular flexibility index (Phi) is 8.62. The second kappa shape index (κ2) is 10.9. The van der Waals surface area contributed by atoms with Crippen LogP contribution in [0.15, 0.2) is 11.4 Å². The normalized spacial score (nSPS) is 16.9. The highest BCUT2D eigenvalue weighted by atomic mass is 32.1. The lowest BCUT2D eigenvalue weighted by Gasteiger charge is -2.31. The lowest BCUT2D eigenvalue weighted by Crippen LogP contribution is -2.46. The van der Waals surface area contributed by atoms with Crippen molar-refractivity contribution in [2.45, 2.75) is 39.2 Å². The summed E-state index contributed by atoms with van der Waals surface area (Å²) in [5.41, 5.74) is -0.116. The van der Waals surface area contributed by atoms with E-state index in [1.807, 2.05) is 11.0 Å². The first-order valence-electron chi connectivity index (χ1n) is 9.92. The molecule has 1 fully saturated rings. The minimum atomic E-state index is -0.565. The van der Waals surface area contributed by atoms with Crippen LogP contribution in [0.1, 0.15) is 39.2 Å². The summed E-state index contributed by atoms with van der Waals surface area (Å²) in [5, 5.41) is 19.5. The first-order chi connectivity index (χ1) is 14.2. The summed E-state index contributed by atoms with van der Waals surface area (Å²) in [6, 6.07) is 3.71. The standard InChI is InChI=1S/C20H29N5O4S/c1-20(2,3)29-19(28)23-8-7-22-17(27)15-5-4-9-25(12-15)13-16(26)24-18-14(11-21)6-10-30-18/h6,10,15H,4-5,7-9,12-13H2,1-3H3,(H,22,27)(H,23,28)(H,24,26). The van der Waals surface area contributed by atoms with Gasteiger partial charge in [-0.2, -0.15) is 5.26 Å². The van der Waals surface area contributed by atoms with Crippen LogP contribution < -0.4 is 16.0 Å². The SMILES string of the molecule is CC(C)(C)OC(=O)NCCNC(=O)C1CCCN(CC(=O)Nc2sccc2C#N)C1. The van der Waals surface area contributed by atoms with Crippen molar-refractivity contribution < 1.29 is 19.1 Å². The molecule has 1 unspecified atom stereocenters. The number of nitriles is 1. The third kappa shape index (κ3) is 8.00. The number of alkyl carbamates (subject to hydrolysis) is 1. The molecule has 2 rings (SSSR count). The van der Waals surface area contributed by atoms with E-state index in [1.165, 1.54) is 11.3 Å². The summed E-state index contributed by atoms with van der Waals surface area (Å²) in [5.74, 6) is -0.489. The van der Waals surface area contributed by atoms with Crippen molar-refractivity contribution in [3.63, 3.8) is 0 Å². The van der Waals surface area contributed by atoms with E-state index in [2.05, 4.69) is 16.0 Å². The van der Waals surface area contributed by atoms with Gasteiger partial charge in [0.2, 0.25) is 11.8 Å². The summed E-state index contributed by atoms with van der Waals surface area (Å²) < 4.78 is 5.14. The molecule has 164 valence electrons. The van der Waals surface area contributed by atoms with E-state index in [4.69, 9.17) is 10.00 Å². The second-order valence-electron chi connectivity index (χ2n) is 8.12. The van der Waals surface area contributed by atoms with Gasteiger partial charge < -0.3 is 20.7 Å². The third-order valence-electron chi connectivity index (χ3n) is 4.37. The van der Waals surface area contributed by atoms with Crippen molar-refractivity contribution in [1.29, 1.82) is 5.26 Å². The maximum Gasteiger partial charge on any atom is 0.407 e. The first kappa shape index (κ1) is 23.6. The van der Waals surface area contributed by atoms with Gasteiger partial charge >= 0.3 is 6.09 Å². The van der Waals surface area contributed by atoms with Crippen molar-refractivity contribution in [3.8, 4) is 6.07 Å². The lowest BCUT2D eigenvalue weighted by molar-refractivity contribution is -0.127. The zero-order valence-electron chi connectivity index (χ0n) is 17.6. The van der Waals surface area contributed by atoms with Crippen molar-refractivity contribution >= 4 is 34.2 Å². The van der Waals surface area contributed by atoms with Crippen LogP contribution >= 0.6 is 11.3 Å². The zero-order chi connectivity index (χ0) is 22.1. The summed E-state index contributed by atoms with van der Waals surface area (Å²) in [6.07, 6.45) is 1.06. The minimum Gasteiger partial charge on any atom is -0.444 e. The van der Waals surface area contributed by atoms with Crippen LogP contribution in [0.4, 0.5) is 9.80 Å². The smallest absolute Gasteiger partial charge is 0.407 e. The number of rotatable bonds is 7. The van der Waals surface area contributed by atoms with E-state index in [0.29, 0.717) is 23.7 Å². The summed E-state index contributed by atoms with van der Waals surface area (Å²) in [6.45, 7) is 7.35. The predicted octanol–water partition coefficient (Wildman–Crippen LogP) is 1.91. The van der Waals surface area contributed by atoms with Gasteiger partial charge in [-0.25, -0.2) is 4.79 Å². The van der Waals surface area contributed by atoms with Crippen molar-refractivity contribution in [3.05, 3.63) is 17.0 Å². The Morgan fingerprint density at radius 1 is 1.30 bits per heavy atom. The summed E-state index contributed by atoms with van der Waals surface area (Å²) in [4.78, 5) is 38.3. The van der Waals surface area contributed by atoms with Gasteiger partial charge in [0.1, 0.15) is 16.7 Å². The highest BCUT2D eigenvalue weighted by Gasteiger charge is 2.27. The van der Waals surface area contributed by atoms with Crippen LogP contribution in [0.3, 0.4) is 0 Å². The zero-order valence-corrected chi connectivity index (χ0v) is 18.4. The molecule has 10 heteroatoms. The number of hydrogen-bond acceptors (Lipinski definition) is 7. The molecule has 0 saturated carbocycles. The quantitative estimate of drug-likeness (QED) is 0.562. The number of piperidine rings is 1. The number of nitrogens with one attached hydrogen (secondary N) is 3. The summed E-state index contributed by atoms with van der Waals surface area (Å²) >= 11 is 1.31. The molecule has 1 aromatic heterocycles. The van der Waals surface area contributed by atoms with Crippen molar-refractivity contribution in [2.24, 2.45) is 5.92 Å². The Balaban J connectivity index is 1.71.